The quantitative estimate of drug-likeness (QED) is 0.710. The van der Waals surface area contributed by atoms with Gasteiger partial charge in [-0.25, -0.2) is 9.59 Å². The average molecular weight is 388 g/mol. The summed E-state index contributed by atoms with van der Waals surface area (Å²) >= 11 is 1.30. The molecular weight excluding hydrogens is 372 g/mol. The van der Waals surface area contributed by atoms with Crippen LogP contribution in [0.4, 0.5) is 4.79 Å². The van der Waals surface area contributed by atoms with Crippen molar-refractivity contribution in [2.24, 2.45) is 0 Å². The number of carbonyl (C=O) groups excluding carboxylic acids is 3. The third kappa shape index (κ3) is 4.17. The number of imide groups is 1. The molecule has 1 aromatic carbocycles. The van der Waals surface area contributed by atoms with Crippen LogP contribution in [0.5, 0.6) is 0 Å². The van der Waals surface area contributed by atoms with Crippen molar-refractivity contribution >= 4 is 40.6 Å². The highest BCUT2D eigenvalue weighted by atomic mass is 32.2. The fourth-order valence-electron chi connectivity index (χ4n) is 2.56. The van der Waals surface area contributed by atoms with E-state index < -0.39 is 29.0 Å². The Morgan fingerprint density at radius 3 is 2.85 bits per heavy atom. The summed E-state index contributed by atoms with van der Waals surface area (Å²) in [4.78, 5) is 54.3. The van der Waals surface area contributed by atoms with Crippen molar-refractivity contribution in [2.75, 3.05) is 12.4 Å². The number of fused-ring (bicyclic) bond motifs is 1. The average Bonchev–Trinajstić information content (AvgIpc) is 3.09. The molecule has 0 bridgehead atoms. The van der Waals surface area contributed by atoms with Crippen LogP contribution in [-0.4, -0.2) is 45.6 Å². The monoisotopic (exact) mass is 388 g/mol. The van der Waals surface area contributed by atoms with E-state index in [-0.39, 0.29) is 17.9 Å². The minimum atomic E-state index is -0.854. The first-order chi connectivity index (χ1) is 13.0. The summed E-state index contributed by atoms with van der Waals surface area (Å²) in [5.74, 6) is -0.751. The second-order valence-electron chi connectivity index (χ2n) is 5.46. The molecule has 3 amide bonds. The van der Waals surface area contributed by atoms with Crippen LogP contribution < -0.4 is 16.3 Å². The first-order valence-corrected chi connectivity index (χ1v) is 9.14. The summed E-state index contributed by atoms with van der Waals surface area (Å²) in [5.41, 5.74) is 0.0360. The maximum absolute atomic E-state index is 12.7. The molecule has 0 aliphatic carbocycles. The van der Waals surface area contributed by atoms with Crippen LogP contribution in [0.3, 0.4) is 0 Å². The van der Waals surface area contributed by atoms with Crippen molar-refractivity contribution < 1.29 is 19.1 Å². The molecule has 0 saturated heterocycles. The van der Waals surface area contributed by atoms with Crippen molar-refractivity contribution in [1.82, 2.24) is 20.6 Å². The molecule has 1 aliphatic rings. The Morgan fingerprint density at radius 2 is 2.07 bits per heavy atom. The minimum absolute atomic E-state index is 0.0352. The van der Waals surface area contributed by atoms with Gasteiger partial charge in [-0.3, -0.25) is 14.9 Å². The summed E-state index contributed by atoms with van der Waals surface area (Å²) in [5, 5.41) is 4.59. The fourth-order valence-corrected chi connectivity index (χ4v) is 3.60. The Kier molecular flexibility index (Phi) is 5.55. The number of nitrogens with one attached hydrogen (secondary N) is 3. The maximum atomic E-state index is 12.7. The lowest BCUT2D eigenvalue weighted by atomic mass is 10.1. The second-order valence-corrected chi connectivity index (χ2v) is 6.60. The van der Waals surface area contributed by atoms with E-state index in [2.05, 4.69) is 25.3 Å². The van der Waals surface area contributed by atoms with Gasteiger partial charge in [0.1, 0.15) is 11.1 Å². The van der Waals surface area contributed by atoms with Crippen LogP contribution in [0, 0.1) is 0 Å². The van der Waals surface area contributed by atoms with E-state index in [0.717, 1.165) is 0 Å². The summed E-state index contributed by atoms with van der Waals surface area (Å²) in [6.07, 6.45) is 0.765. The largest absolute Gasteiger partial charge is 0.450 e. The van der Waals surface area contributed by atoms with E-state index in [9.17, 15) is 19.2 Å². The number of ether oxygens (including phenoxy) is 1. The van der Waals surface area contributed by atoms with Gasteiger partial charge in [0, 0.05) is 16.7 Å². The third-order valence-corrected chi connectivity index (χ3v) is 4.78. The predicted octanol–water partition coefficient (Wildman–Crippen LogP) is 0.925. The summed E-state index contributed by atoms with van der Waals surface area (Å²) < 4.78 is 4.68. The molecule has 10 heteroatoms. The zero-order chi connectivity index (χ0) is 19.4. The van der Waals surface area contributed by atoms with Gasteiger partial charge in [0.25, 0.3) is 11.8 Å². The van der Waals surface area contributed by atoms with E-state index in [0.29, 0.717) is 16.7 Å². The number of rotatable bonds is 4. The number of hydrogen-bond acceptors (Lipinski definition) is 7. The van der Waals surface area contributed by atoms with Crippen LogP contribution in [0.15, 0.2) is 40.7 Å². The molecule has 2 aromatic rings. The Morgan fingerprint density at radius 1 is 1.30 bits per heavy atom. The molecule has 1 atom stereocenters. The molecule has 1 aromatic heterocycles. The highest BCUT2D eigenvalue weighted by molar-refractivity contribution is 8.00. The molecular formula is C17H16N4O5S. The first kappa shape index (κ1) is 18.6. The molecule has 3 N–H and O–H groups in total. The highest BCUT2D eigenvalue weighted by Gasteiger charge is 2.29. The molecule has 9 nitrogen and oxygen atoms in total. The van der Waals surface area contributed by atoms with Crippen LogP contribution in [0.2, 0.25) is 0 Å². The van der Waals surface area contributed by atoms with Crippen LogP contribution in [-0.2, 0) is 9.53 Å². The van der Waals surface area contributed by atoms with Gasteiger partial charge in [0.05, 0.1) is 12.1 Å². The Bertz CT molecular complexity index is 1000. The third-order valence-electron chi connectivity index (χ3n) is 3.72. The van der Waals surface area contributed by atoms with Crippen molar-refractivity contribution in [3.63, 3.8) is 0 Å². The Balaban J connectivity index is 1.78. The van der Waals surface area contributed by atoms with Gasteiger partial charge in [0.2, 0.25) is 0 Å². The number of aromatic amines is 1. The zero-order valence-electron chi connectivity index (χ0n) is 14.3. The second kappa shape index (κ2) is 8.04. The SMILES string of the molecule is CCOC(=O)NC(=O)C1=CCSC1NC(=O)c1nc(=O)[nH]c2ccccc12. The number of benzene rings is 1. The predicted molar refractivity (Wildman–Crippen MR) is 99.3 cm³/mol. The number of hydrogen-bond donors (Lipinski definition) is 3. The number of nitrogens with zero attached hydrogens (tertiary/aromatic N) is 1. The lowest BCUT2D eigenvalue weighted by molar-refractivity contribution is -0.117. The normalized spacial score (nSPS) is 15.9. The smallest absolute Gasteiger partial charge is 0.414 e. The Labute approximate surface area is 157 Å². The number of alkyl carbamates (subject to hydrolysis) is 1. The van der Waals surface area contributed by atoms with Crippen molar-refractivity contribution in [3.8, 4) is 0 Å². The van der Waals surface area contributed by atoms with Gasteiger partial charge >= 0.3 is 11.8 Å². The zero-order valence-corrected chi connectivity index (χ0v) is 15.1. The van der Waals surface area contributed by atoms with Gasteiger partial charge < -0.3 is 15.0 Å². The van der Waals surface area contributed by atoms with E-state index in [1.54, 1.807) is 37.3 Å². The number of thioether (sulfide) groups is 1. The number of carbonyl (C=O) groups is 3. The molecule has 1 aliphatic heterocycles. The Hall–Kier alpha value is -3.14. The molecule has 0 fully saturated rings. The summed E-state index contributed by atoms with van der Waals surface area (Å²) in [6.45, 7) is 1.75. The molecule has 0 spiro atoms. The number of H-pyrrole nitrogens is 1. The van der Waals surface area contributed by atoms with E-state index in [4.69, 9.17) is 0 Å². The number of amides is 3. The molecule has 140 valence electrons. The van der Waals surface area contributed by atoms with Gasteiger partial charge in [-0.2, -0.15) is 4.98 Å². The molecule has 3 rings (SSSR count). The number of para-hydroxylation sites is 1. The van der Waals surface area contributed by atoms with Crippen molar-refractivity contribution in [1.29, 1.82) is 0 Å². The molecule has 1 unspecified atom stereocenters. The van der Waals surface area contributed by atoms with Crippen LogP contribution in [0.25, 0.3) is 10.9 Å². The van der Waals surface area contributed by atoms with Gasteiger partial charge in [-0.15, -0.1) is 11.8 Å². The van der Waals surface area contributed by atoms with Gasteiger partial charge in [0.15, 0.2) is 0 Å². The molecule has 0 radical (unpaired) electrons. The lowest BCUT2D eigenvalue weighted by Crippen LogP contribution is -2.40. The van der Waals surface area contributed by atoms with Gasteiger partial charge in [-0.05, 0) is 13.0 Å². The van der Waals surface area contributed by atoms with Crippen molar-refractivity contribution in [3.05, 3.63) is 52.1 Å². The first-order valence-electron chi connectivity index (χ1n) is 8.09. The molecule has 2 heterocycles. The van der Waals surface area contributed by atoms with Gasteiger partial charge in [-0.1, -0.05) is 24.3 Å². The fraction of sp³-hybridized carbons (Fsp3) is 0.235. The molecule has 0 saturated carbocycles. The maximum Gasteiger partial charge on any atom is 0.414 e. The number of aromatic nitrogens is 2. The van der Waals surface area contributed by atoms with E-state index in [1.165, 1.54) is 11.8 Å². The van der Waals surface area contributed by atoms with E-state index in [1.807, 2.05) is 0 Å². The lowest BCUT2D eigenvalue weighted by Gasteiger charge is -2.16. The highest BCUT2D eigenvalue weighted by Crippen LogP contribution is 2.25. The molecule has 27 heavy (non-hydrogen) atoms. The van der Waals surface area contributed by atoms with E-state index >= 15 is 0 Å². The van der Waals surface area contributed by atoms with Crippen LogP contribution >= 0.6 is 11.8 Å². The summed E-state index contributed by atoms with van der Waals surface area (Å²) in [6, 6.07) is 6.78. The topological polar surface area (TPSA) is 130 Å². The minimum Gasteiger partial charge on any atom is -0.450 e. The van der Waals surface area contributed by atoms with Crippen molar-refractivity contribution in [2.45, 2.75) is 12.3 Å². The standard InChI is InChI=1S/C17H16N4O5S/c1-2-26-17(25)21-13(22)10-7-8-27-15(10)20-14(23)12-9-5-3-4-6-11(9)18-16(24)19-12/h3-7,15H,2,8H2,1H3,(H,20,23)(H,18,19,24)(H,21,22,25). The summed E-state index contributed by atoms with van der Waals surface area (Å²) in [7, 11) is 0. The van der Waals surface area contributed by atoms with Crippen LogP contribution in [0.1, 0.15) is 17.4 Å².